The van der Waals surface area contributed by atoms with Crippen molar-refractivity contribution in [2.45, 2.75) is 38.6 Å². The van der Waals surface area contributed by atoms with Gasteiger partial charge in [0.1, 0.15) is 11.9 Å². The number of urea groups is 1. The van der Waals surface area contributed by atoms with Gasteiger partial charge in [-0.15, -0.1) is 0 Å². The molecule has 4 N–H and O–H groups in total. The number of imide groups is 2. The Balaban J connectivity index is 1.27. The topological polar surface area (TPSA) is 150 Å². The SMILES string of the molecule is Cc1ccnc(NC(=O)NCCCCNc2cccc3c2C(=O)N(C2CCC(=O)NC2=O)C3=O)c1. The number of amides is 6. The van der Waals surface area contributed by atoms with Gasteiger partial charge in [-0.2, -0.15) is 0 Å². The zero-order chi connectivity index (χ0) is 24.9. The molecule has 4 rings (SSSR count). The second-order valence-corrected chi connectivity index (χ2v) is 8.41. The smallest absolute Gasteiger partial charge is 0.320 e. The van der Waals surface area contributed by atoms with Crippen molar-refractivity contribution >= 4 is 41.2 Å². The minimum atomic E-state index is -1.000. The second kappa shape index (κ2) is 10.3. The molecule has 2 aliphatic rings. The van der Waals surface area contributed by atoms with Gasteiger partial charge in [-0.1, -0.05) is 6.07 Å². The number of aryl methyl sites for hydroxylation is 1. The van der Waals surface area contributed by atoms with Crippen LogP contribution in [0, 0.1) is 6.92 Å². The number of aromatic nitrogens is 1. The Kier molecular flexibility index (Phi) is 7.04. The van der Waals surface area contributed by atoms with Crippen LogP contribution in [0.5, 0.6) is 0 Å². The Morgan fingerprint density at radius 1 is 1.11 bits per heavy atom. The lowest BCUT2D eigenvalue weighted by Gasteiger charge is -2.27. The number of rotatable bonds is 8. The maximum Gasteiger partial charge on any atom is 0.320 e. The van der Waals surface area contributed by atoms with Crippen molar-refractivity contribution in [3.63, 3.8) is 0 Å². The largest absolute Gasteiger partial charge is 0.384 e. The molecular weight excluding hydrogens is 452 g/mol. The summed E-state index contributed by atoms with van der Waals surface area (Å²) >= 11 is 0. The van der Waals surface area contributed by atoms with Crippen molar-refractivity contribution in [2.75, 3.05) is 23.7 Å². The number of nitrogens with zero attached hydrogens (tertiary/aromatic N) is 2. The first-order valence-electron chi connectivity index (χ1n) is 11.4. The summed E-state index contributed by atoms with van der Waals surface area (Å²) in [5.74, 6) is -1.66. The van der Waals surface area contributed by atoms with Crippen molar-refractivity contribution in [3.8, 4) is 0 Å². The summed E-state index contributed by atoms with van der Waals surface area (Å²) in [5, 5.41) is 10.8. The summed E-state index contributed by atoms with van der Waals surface area (Å²) in [6.45, 7) is 2.88. The predicted molar refractivity (Wildman–Crippen MR) is 127 cm³/mol. The van der Waals surface area contributed by atoms with Gasteiger partial charge in [-0.05, 0) is 56.0 Å². The molecule has 11 nitrogen and oxygen atoms in total. The Morgan fingerprint density at radius 3 is 2.69 bits per heavy atom. The molecule has 11 heteroatoms. The van der Waals surface area contributed by atoms with Crippen LogP contribution in [0.3, 0.4) is 0 Å². The Hall–Kier alpha value is -4.28. The van der Waals surface area contributed by atoms with Crippen molar-refractivity contribution in [2.24, 2.45) is 0 Å². The molecule has 1 fully saturated rings. The summed E-state index contributed by atoms with van der Waals surface area (Å²) in [5.41, 5.74) is 1.96. The van der Waals surface area contributed by atoms with Crippen LogP contribution in [0.4, 0.5) is 16.3 Å². The van der Waals surface area contributed by atoms with Gasteiger partial charge in [0.2, 0.25) is 11.8 Å². The number of piperidine rings is 1. The number of carbonyl (C=O) groups excluding carboxylic acids is 5. The molecule has 2 aromatic rings. The lowest BCUT2D eigenvalue weighted by molar-refractivity contribution is -0.136. The monoisotopic (exact) mass is 478 g/mol. The third-order valence-electron chi connectivity index (χ3n) is 5.83. The molecular formula is C24H26N6O5. The maximum absolute atomic E-state index is 13.1. The summed E-state index contributed by atoms with van der Waals surface area (Å²) in [7, 11) is 0. The molecule has 182 valence electrons. The van der Waals surface area contributed by atoms with Gasteiger partial charge in [0.25, 0.3) is 11.8 Å². The van der Waals surface area contributed by atoms with Crippen LogP contribution in [-0.4, -0.2) is 58.7 Å². The second-order valence-electron chi connectivity index (χ2n) is 8.41. The molecule has 1 atom stereocenters. The fourth-order valence-corrected chi connectivity index (χ4v) is 4.10. The van der Waals surface area contributed by atoms with E-state index < -0.39 is 29.7 Å². The van der Waals surface area contributed by atoms with Crippen LogP contribution in [0.25, 0.3) is 0 Å². The summed E-state index contributed by atoms with van der Waals surface area (Å²) in [6, 6.07) is 7.21. The molecule has 3 heterocycles. The molecule has 0 radical (unpaired) electrons. The number of fused-ring (bicyclic) bond motifs is 1. The van der Waals surface area contributed by atoms with Crippen LogP contribution in [0.1, 0.15) is 52.0 Å². The highest BCUT2D eigenvalue weighted by atomic mass is 16.2. The molecule has 0 spiro atoms. The summed E-state index contributed by atoms with van der Waals surface area (Å²) < 4.78 is 0. The van der Waals surface area contributed by atoms with E-state index in [9.17, 15) is 24.0 Å². The molecule has 6 amide bonds. The third-order valence-corrected chi connectivity index (χ3v) is 5.83. The molecule has 1 aromatic carbocycles. The summed E-state index contributed by atoms with van der Waals surface area (Å²) in [4.78, 5) is 66.6. The number of nitrogens with one attached hydrogen (secondary N) is 4. The van der Waals surface area contributed by atoms with Crippen LogP contribution in [0.15, 0.2) is 36.5 Å². The van der Waals surface area contributed by atoms with E-state index in [0.29, 0.717) is 37.4 Å². The van der Waals surface area contributed by atoms with Crippen LogP contribution >= 0.6 is 0 Å². The number of anilines is 2. The highest BCUT2D eigenvalue weighted by Crippen LogP contribution is 2.32. The van der Waals surface area contributed by atoms with E-state index in [4.69, 9.17) is 0 Å². The van der Waals surface area contributed by atoms with Crippen molar-refractivity contribution in [1.29, 1.82) is 0 Å². The summed E-state index contributed by atoms with van der Waals surface area (Å²) in [6.07, 6.45) is 3.19. The highest BCUT2D eigenvalue weighted by Gasteiger charge is 2.45. The molecule has 0 bridgehead atoms. The highest BCUT2D eigenvalue weighted by molar-refractivity contribution is 6.25. The van der Waals surface area contributed by atoms with Crippen LogP contribution in [-0.2, 0) is 9.59 Å². The number of unbranched alkanes of at least 4 members (excludes halogenated alkanes) is 1. The number of pyridine rings is 1. The minimum absolute atomic E-state index is 0.0719. The van der Waals surface area contributed by atoms with Crippen molar-refractivity contribution in [3.05, 3.63) is 53.2 Å². The lowest BCUT2D eigenvalue weighted by Crippen LogP contribution is -2.54. The quantitative estimate of drug-likeness (QED) is 0.334. The normalized spacial score (nSPS) is 17.2. The van der Waals surface area contributed by atoms with Crippen LogP contribution < -0.4 is 21.3 Å². The number of hydrogen-bond donors (Lipinski definition) is 4. The van der Waals surface area contributed by atoms with Gasteiger partial charge in [0.05, 0.1) is 11.1 Å². The number of carbonyl (C=O) groups is 5. The Labute approximate surface area is 201 Å². The Bertz CT molecular complexity index is 1200. The third kappa shape index (κ3) is 5.29. The Morgan fingerprint density at radius 2 is 1.91 bits per heavy atom. The van der Waals surface area contributed by atoms with E-state index in [0.717, 1.165) is 10.5 Å². The standard InChI is InChI=1S/C24H26N6O5/c1-14-9-12-26-18(13-14)28-24(35)27-11-3-2-10-25-16-6-4-5-15-20(16)23(34)30(22(15)33)17-7-8-19(31)29-21(17)32/h4-6,9,12-13,17,25H,2-3,7-8,10-11H2,1H3,(H,29,31,32)(H2,26,27,28,35). The first-order chi connectivity index (χ1) is 16.8. The van der Waals surface area contributed by atoms with E-state index >= 15 is 0 Å². The minimum Gasteiger partial charge on any atom is -0.384 e. The van der Waals surface area contributed by atoms with Crippen molar-refractivity contribution < 1.29 is 24.0 Å². The molecule has 0 saturated carbocycles. The van der Waals surface area contributed by atoms with Gasteiger partial charge in [-0.3, -0.25) is 34.7 Å². The fourth-order valence-electron chi connectivity index (χ4n) is 4.10. The zero-order valence-corrected chi connectivity index (χ0v) is 19.2. The molecule has 1 saturated heterocycles. The molecule has 35 heavy (non-hydrogen) atoms. The number of benzene rings is 1. The van der Waals surface area contributed by atoms with Gasteiger partial charge >= 0.3 is 6.03 Å². The maximum atomic E-state index is 13.1. The fraction of sp³-hybridized carbons (Fsp3) is 0.333. The molecule has 1 unspecified atom stereocenters. The first kappa shape index (κ1) is 23.9. The van der Waals surface area contributed by atoms with Gasteiger partial charge in [-0.25, -0.2) is 9.78 Å². The zero-order valence-electron chi connectivity index (χ0n) is 19.2. The van der Waals surface area contributed by atoms with E-state index in [1.807, 2.05) is 13.0 Å². The predicted octanol–water partition coefficient (Wildman–Crippen LogP) is 1.81. The van der Waals surface area contributed by atoms with Crippen molar-refractivity contribution in [1.82, 2.24) is 20.5 Å². The van der Waals surface area contributed by atoms with Gasteiger partial charge in [0, 0.05) is 31.4 Å². The average Bonchev–Trinajstić information content (AvgIpc) is 3.07. The number of hydrogen-bond acceptors (Lipinski definition) is 7. The van der Waals surface area contributed by atoms with E-state index in [1.165, 1.54) is 0 Å². The molecule has 2 aliphatic heterocycles. The van der Waals surface area contributed by atoms with E-state index in [1.54, 1.807) is 30.5 Å². The molecule has 1 aromatic heterocycles. The lowest BCUT2D eigenvalue weighted by atomic mass is 10.0. The first-order valence-corrected chi connectivity index (χ1v) is 11.4. The van der Waals surface area contributed by atoms with Crippen LogP contribution in [0.2, 0.25) is 0 Å². The molecule has 0 aliphatic carbocycles. The van der Waals surface area contributed by atoms with E-state index in [2.05, 4.69) is 26.3 Å². The average molecular weight is 479 g/mol. The van der Waals surface area contributed by atoms with Gasteiger partial charge < -0.3 is 10.6 Å². The van der Waals surface area contributed by atoms with E-state index in [-0.39, 0.29) is 30.0 Å². The van der Waals surface area contributed by atoms with Gasteiger partial charge in [0.15, 0.2) is 0 Å².